The molecular weight excluding hydrogens is 710 g/mol. The van der Waals surface area contributed by atoms with Gasteiger partial charge in [-0.3, -0.25) is 34.2 Å². The average molecular weight is 766 g/mol. The highest BCUT2D eigenvalue weighted by atomic mass is 16.6. The summed E-state index contributed by atoms with van der Waals surface area (Å²) in [5.41, 5.74) is 0.383. The summed E-state index contributed by atoms with van der Waals surface area (Å²) < 4.78 is 48.6. The van der Waals surface area contributed by atoms with Gasteiger partial charge in [-0.2, -0.15) is 0 Å². The second kappa shape index (κ2) is 27.7. The normalized spacial score (nSPS) is 15.4. The molecule has 0 radical (unpaired) electrons. The summed E-state index contributed by atoms with van der Waals surface area (Å²) in [4.78, 5) is 63.5. The van der Waals surface area contributed by atoms with Crippen LogP contribution < -0.4 is 10.6 Å². The van der Waals surface area contributed by atoms with Gasteiger partial charge in [0.2, 0.25) is 17.7 Å². The summed E-state index contributed by atoms with van der Waals surface area (Å²) >= 11 is 0. The Balaban J connectivity index is 1.05. The molecule has 5 amide bonds. The molecule has 17 heteroatoms. The van der Waals surface area contributed by atoms with Gasteiger partial charge in [-0.15, -0.1) is 0 Å². The number of nitrogens with zero attached hydrogens (tertiary/aromatic N) is 1. The van der Waals surface area contributed by atoms with Crippen molar-refractivity contribution in [3.63, 3.8) is 0 Å². The van der Waals surface area contributed by atoms with E-state index in [0.29, 0.717) is 119 Å². The largest absolute Gasteiger partial charge is 0.499 e. The number of rotatable bonds is 33. The summed E-state index contributed by atoms with van der Waals surface area (Å²) in [5.74, 6) is -2.71. The number of imide groups is 2. The van der Waals surface area contributed by atoms with Gasteiger partial charge >= 0.3 is 0 Å². The molecule has 1 unspecified atom stereocenters. The molecule has 0 spiro atoms. The van der Waals surface area contributed by atoms with Gasteiger partial charge < -0.3 is 47.9 Å². The summed E-state index contributed by atoms with van der Waals surface area (Å²) in [6.07, 6.45) is 3.84. The van der Waals surface area contributed by atoms with Gasteiger partial charge in [-0.25, -0.2) is 0 Å². The first-order valence-corrected chi connectivity index (χ1v) is 18.4. The molecule has 0 aliphatic carbocycles. The highest BCUT2D eigenvalue weighted by Gasteiger charge is 2.45. The maximum absolute atomic E-state index is 13.2. The molecule has 0 bridgehead atoms. The summed E-state index contributed by atoms with van der Waals surface area (Å²) in [6.45, 7) is 11.6. The van der Waals surface area contributed by atoms with E-state index in [1.54, 1.807) is 12.1 Å². The zero-order valence-electron chi connectivity index (χ0n) is 31.0. The van der Waals surface area contributed by atoms with Gasteiger partial charge in [-0.1, -0.05) is 19.1 Å². The Labute approximate surface area is 316 Å². The van der Waals surface area contributed by atoms with Crippen molar-refractivity contribution in [1.29, 1.82) is 0 Å². The fourth-order valence-corrected chi connectivity index (χ4v) is 5.33. The molecule has 1 aromatic carbocycles. The van der Waals surface area contributed by atoms with Crippen molar-refractivity contribution < 1.29 is 66.6 Å². The molecule has 2 aliphatic rings. The number of anilines is 1. The summed E-state index contributed by atoms with van der Waals surface area (Å²) in [6, 6.07) is 3.53. The highest BCUT2D eigenvalue weighted by Crippen LogP contribution is 2.32. The first-order valence-electron chi connectivity index (χ1n) is 18.4. The van der Waals surface area contributed by atoms with E-state index in [1.165, 1.54) is 12.3 Å². The Kier molecular flexibility index (Phi) is 22.9. The summed E-state index contributed by atoms with van der Waals surface area (Å²) in [7, 11) is 0. The monoisotopic (exact) mass is 765 g/mol. The lowest BCUT2D eigenvalue weighted by Gasteiger charge is -2.27. The van der Waals surface area contributed by atoms with Crippen molar-refractivity contribution in [3.05, 3.63) is 42.2 Å². The van der Waals surface area contributed by atoms with E-state index in [2.05, 4.69) is 17.2 Å². The van der Waals surface area contributed by atoms with E-state index in [1.807, 2.05) is 0 Å². The smallest absolute Gasteiger partial charge is 0.264 e. The third-order valence-electron chi connectivity index (χ3n) is 8.00. The number of hydrogen-bond donors (Lipinski definition) is 2. The minimum atomic E-state index is -1.07. The maximum atomic E-state index is 13.2. The number of unbranched alkanes of at least 4 members (excludes halogenated alkanes) is 2. The molecule has 2 N–H and O–H groups in total. The van der Waals surface area contributed by atoms with Crippen LogP contribution >= 0.6 is 0 Å². The highest BCUT2D eigenvalue weighted by molar-refractivity contribution is 6.26. The second-order valence-electron chi connectivity index (χ2n) is 12.0. The Morgan fingerprint density at radius 1 is 0.685 bits per heavy atom. The van der Waals surface area contributed by atoms with Crippen LogP contribution in [0.5, 0.6) is 0 Å². The average Bonchev–Trinajstić information content (AvgIpc) is 3.41. The first-order chi connectivity index (χ1) is 26.4. The second-order valence-corrected chi connectivity index (χ2v) is 12.0. The number of fused-ring (bicyclic) bond motifs is 1. The van der Waals surface area contributed by atoms with Crippen LogP contribution in [0.3, 0.4) is 0 Å². The van der Waals surface area contributed by atoms with Crippen molar-refractivity contribution in [2.45, 2.75) is 44.6 Å². The number of amides is 5. The molecule has 2 aliphatic heterocycles. The van der Waals surface area contributed by atoms with E-state index in [-0.39, 0.29) is 42.0 Å². The lowest BCUT2D eigenvalue weighted by Crippen LogP contribution is -2.54. The number of piperidine rings is 1. The van der Waals surface area contributed by atoms with Crippen LogP contribution in [0, 0.1) is 0 Å². The van der Waals surface area contributed by atoms with E-state index >= 15 is 0 Å². The maximum Gasteiger partial charge on any atom is 0.264 e. The molecule has 1 aromatic rings. The molecule has 0 aromatic heterocycles. The van der Waals surface area contributed by atoms with Crippen LogP contribution in [0.4, 0.5) is 5.69 Å². The number of ether oxygens (including phenoxy) is 9. The molecule has 0 saturated carbocycles. The van der Waals surface area contributed by atoms with Crippen molar-refractivity contribution in [1.82, 2.24) is 10.2 Å². The Morgan fingerprint density at radius 3 is 1.69 bits per heavy atom. The minimum absolute atomic E-state index is 0.0290. The lowest BCUT2D eigenvalue weighted by molar-refractivity contribution is -0.136. The molecule has 1 fully saturated rings. The molecule has 54 heavy (non-hydrogen) atoms. The molecule has 3 rings (SSSR count). The fourth-order valence-electron chi connectivity index (χ4n) is 5.33. The molecule has 17 nitrogen and oxygen atoms in total. The standard InChI is InChI=1S/C37H55N3O14/c1-2-46-13-14-48-17-18-50-21-22-52-25-26-54-28-27-53-24-23-51-20-19-49-16-15-47-12-5-3-4-9-32(41)38-30-8-6-7-29-34(30)37(45)40(36(29)44)31-10-11-33(42)39-35(31)43/h2,6-8,31H,1,3-5,9-28H2,(H,38,41)(H,39,42,43). The van der Waals surface area contributed by atoms with E-state index in [9.17, 15) is 24.0 Å². The Hall–Kier alpha value is -3.81. The van der Waals surface area contributed by atoms with Crippen LogP contribution in [0.25, 0.3) is 0 Å². The minimum Gasteiger partial charge on any atom is -0.499 e. The van der Waals surface area contributed by atoms with Crippen molar-refractivity contribution in [2.75, 3.05) is 118 Å². The quantitative estimate of drug-likeness (QED) is 0.0598. The number of carbonyl (C=O) groups is 5. The molecule has 1 atom stereocenters. The van der Waals surface area contributed by atoms with Crippen molar-refractivity contribution in [2.24, 2.45) is 0 Å². The van der Waals surface area contributed by atoms with Crippen LogP contribution in [0.15, 0.2) is 31.0 Å². The Morgan fingerprint density at radius 2 is 1.19 bits per heavy atom. The fraction of sp³-hybridized carbons (Fsp3) is 0.649. The lowest BCUT2D eigenvalue weighted by atomic mass is 10.0. The first kappa shape index (κ1) is 44.6. The van der Waals surface area contributed by atoms with Crippen LogP contribution in [0.1, 0.15) is 59.2 Å². The van der Waals surface area contributed by atoms with Gasteiger partial charge in [-0.05, 0) is 31.4 Å². The zero-order valence-corrected chi connectivity index (χ0v) is 31.0. The molecular formula is C37H55N3O14. The number of nitrogens with one attached hydrogen (secondary N) is 2. The van der Waals surface area contributed by atoms with Gasteiger partial charge in [0.05, 0.1) is 122 Å². The van der Waals surface area contributed by atoms with Crippen LogP contribution in [0.2, 0.25) is 0 Å². The Bertz CT molecular complexity index is 1310. The van der Waals surface area contributed by atoms with E-state index < -0.39 is 29.7 Å². The zero-order chi connectivity index (χ0) is 38.6. The van der Waals surface area contributed by atoms with Gasteiger partial charge in [0.15, 0.2) is 0 Å². The topological polar surface area (TPSA) is 196 Å². The molecule has 302 valence electrons. The van der Waals surface area contributed by atoms with Gasteiger partial charge in [0.1, 0.15) is 12.6 Å². The van der Waals surface area contributed by atoms with E-state index in [0.717, 1.165) is 17.7 Å². The predicted molar refractivity (Wildman–Crippen MR) is 193 cm³/mol. The third-order valence-corrected chi connectivity index (χ3v) is 8.00. The van der Waals surface area contributed by atoms with Gasteiger partial charge in [0.25, 0.3) is 11.8 Å². The van der Waals surface area contributed by atoms with E-state index in [4.69, 9.17) is 42.6 Å². The van der Waals surface area contributed by atoms with Crippen LogP contribution in [-0.4, -0.2) is 153 Å². The predicted octanol–water partition coefficient (Wildman–Crippen LogP) is 1.88. The van der Waals surface area contributed by atoms with Crippen LogP contribution in [-0.2, 0) is 57.0 Å². The number of carbonyl (C=O) groups excluding carboxylic acids is 5. The third kappa shape index (κ3) is 17.1. The van der Waals surface area contributed by atoms with Crippen molar-refractivity contribution >= 4 is 35.2 Å². The SMILES string of the molecule is C=COCCOCCOCCOCCOCCOCCOCCOCCOCCCCCC(=O)Nc1cccc2c1C(=O)N(C1CCC(=O)NC1=O)C2=O. The number of benzene rings is 1. The molecule has 1 saturated heterocycles. The summed E-state index contributed by atoms with van der Waals surface area (Å²) in [5, 5.41) is 4.90. The molecule has 2 heterocycles. The van der Waals surface area contributed by atoms with Gasteiger partial charge in [0, 0.05) is 19.4 Å². The number of hydrogen-bond acceptors (Lipinski definition) is 14. The van der Waals surface area contributed by atoms with Crippen molar-refractivity contribution in [3.8, 4) is 0 Å².